The van der Waals surface area contributed by atoms with Crippen LogP contribution in [0.3, 0.4) is 0 Å². The number of carbonyl (C=O) groups is 2. The average molecular weight is 264 g/mol. The summed E-state index contributed by atoms with van der Waals surface area (Å²) in [5, 5.41) is 9.67. The molecule has 1 unspecified atom stereocenters. The van der Waals surface area contributed by atoms with Crippen LogP contribution in [-0.4, -0.2) is 41.5 Å². The molecule has 19 heavy (non-hydrogen) atoms. The second kappa shape index (κ2) is 5.17. The fraction of sp³-hybridized carbons (Fsp3) is 0.385. The number of primary amides is 1. The summed E-state index contributed by atoms with van der Waals surface area (Å²) in [6, 6.07) is 3.84. The first-order valence-corrected chi connectivity index (χ1v) is 6.02. The molecule has 6 heteroatoms. The maximum Gasteiger partial charge on any atom is 0.254 e. The van der Waals surface area contributed by atoms with Crippen molar-refractivity contribution in [2.45, 2.75) is 18.9 Å². The van der Waals surface area contributed by atoms with Crippen LogP contribution < -0.4 is 10.5 Å². The van der Waals surface area contributed by atoms with Crippen molar-refractivity contribution in [3.63, 3.8) is 0 Å². The molecular weight excluding hydrogens is 248 g/mol. The number of carbonyl (C=O) groups excluding carboxylic acids is 2. The Morgan fingerprint density at radius 2 is 2.21 bits per heavy atom. The van der Waals surface area contributed by atoms with Crippen molar-refractivity contribution < 1.29 is 19.4 Å². The van der Waals surface area contributed by atoms with Gasteiger partial charge in [-0.15, -0.1) is 0 Å². The molecule has 3 N–H and O–H groups in total. The zero-order chi connectivity index (χ0) is 14.0. The van der Waals surface area contributed by atoms with E-state index in [1.54, 1.807) is 6.07 Å². The second-order valence-electron chi connectivity index (χ2n) is 4.45. The van der Waals surface area contributed by atoms with Crippen molar-refractivity contribution in [3.8, 4) is 11.5 Å². The standard InChI is InChI=1S/C13H16N2O4/c1-19-11-5-4-8(7-10(11)16)13(18)15-6-2-3-9(15)12(14)17/h4-5,7,9,16H,2-3,6H2,1H3,(H2,14,17). The highest BCUT2D eigenvalue weighted by molar-refractivity contribution is 5.98. The summed E-state index contributed by atoms with van der Waals surface area (Å²) in [6.07, 6.45) is 1.34. The SMILES string of the molecule is COc1ccc(C(=O)N2CCCC2C(N)=O)cc1O. The van der Waals surface area contributed by atoms with E-state index >= 15 is 0 Å². The minimum absolute atomic E-state index is 0.108. The lowest BCUT2D eigenvalue weighted by Crippen LogP contribution is -2.43. The van der Waals surface area contributed by atoms with E-state index in [1.165, 1.54) is 24.1 Å². The normalized spacial score (nSPS) is 18.4. The molecule has 0 aromatic heterocycles. The van der Waals surface area contributed by atoms with Gasteiger partial charge in [-0.05, 0) is 31.0 Å². The van der Waals surface area contributed by atoms with Gasteiger partial charge in [0, 0.05) is 12.1 Å². The van der Waals surface area contributed by atoms with Gasteiger partial charge in [0.2, 0.25) is 5.91 Å². The fourth-order valence-corrected chi connectivity index (χ4v) is 2.29. The maximum atomic E-state index is 12.3. The lowest BCUT2D eigenvalue weighted by molar-refractivity contribution is -0.121. The summed E-state index contributed by atoms with van der Waals surface area (Å²) < 4.78 is 4.92. The van der Waals surface area contributed by atoms with E-state index in [4.69, 9.17) is 10.5 Å². The zero-order valence-electron chi connectivity index (χ0n) is 10.6. The number of aromatic hydroxyl groups is 1. The third kappa shape index (κ3) is 2.47. The Morgan fingerprint density at radius 1 is 1.47 bits per heavy atom. The Hall–Kier alpha value is -2.24. The van der Waals surface area contributed by atoms with Crippen LogP contribution in [0, 0.1) is 0 Å². The Balaban J connectivity index is 2.24. The van der Waals surface area contributed by atoms with Gasteiger partial charge >= 0.3 is 0 Å². The van der Waals surface area contributed by atoms with E-state index < -0.39 is 11.9 Å². The molecule has 1 aliphatic rings. The van der Waals surface area contributed by atoms with Crippen molar-refractivity contribution in [2.75, 3.05) is 13.7 Å². The average Bonchev–Trinajstić information content (AvgIpc) is 2.87. The molecule has 0 bridgehead atoms. The van der Waals surface area contributed by atoms with Crippen LogP contribution in [0.25, 0.3) is 0 Å². The first kappa shape index (κ1) is 13.2. The van der Waals surface area contributed by atoms with E-state index in [0.717, 1.165) is 6.42 Å². The van der Waals surface area contributed by atoms with Crippen LogP contribution in [0.1, 0.15) is 23.2 Å². The fourth-order valence-electron chi connectivity index (χ4n) is 2.29. The number of hydrogen-bond acceptors (Lipinski definition) is 4. The van der Waals surface area contributed by atoms with Gasteiger partial charge in [0.15, 0.2) is 11.5 Å². The van der Waals surface area contributed by atoms with Crippen molar-refractivity contribution in [1.82, 2.24) is 4.90 Å². The van der Waals surface area contributed by atoms with Crippen molar-refractivity contribution >= 4 is 11.8 Å². The highest BCUT2D eigenvalue weighted by atomic mass is 16.5. The van der Waals surface area contributed by atoms with Crippen molar-refractivity contribution in [1.29, 1.82) is 0 Å². The Morgan fingerprint density at radius 3 is 2.79 bits per heavy atom. The van der Waals surface area contributed by atoms with Gasteiger partial charge < -0.3 is 20.5 Å². The highest BCUT2D eigenvalue weighted by Crippen LogP contribution is 2.28. The zero-order valence-corrected chi connectivity index (χ0v) is 10.6. The molecule has 1 saturated heterocycles. The van der Waals surface area contributed by atoms with Crippen LogP contribution in [0.15, 0.2) is 18.2 Å². The number of methoxy groups -OCH3 is 1. The van der Waals surface area contributed by atoms with E-state index in [1.807, 2.05) is 0 Å². The molecule has 102 valence electrons. The van der Waals surface area contributed by atoms with Crippen LogP contribution >= 0.6 is 0 Å². The van der Waals surface area contributed by atoms with E-state index in [0.29, 0.717) is 24.3 Å². The molecule has 0 spiro atoms. The molecule has 0 aliphatic carbocycles. The molecule has 0 radical (unpaired) electrons. The first-order valence-electron chi connectivity index (χ1n) is 6.02. The number of amides is 2. The molecule has 1 aromatic carbocycles. The van der Waals surface area contributed by atoms with Gasteiger partial charge in [-0.25, -0.2) is 0 Å². The molecule has 2 amide bonds. The van der Waals surface area contributed by atoms with Gasteiger partial charge in [-0.3, -0.25) is 9.59 Å². The monoisotopic (exact) mass is 264 g/mol. The van der Waals surface area contributed by atoms with E-state index in [-0.39, 0.29) is 11.7 Å². The maximum absolute atomic E-state index is 12.3. The molecule has 1 aromatic rings. The first-order chi connectivity index (χ1) is 9.04. The molecule has 1 fully saturated rings. The Bertz CT molecular complexity index is 515. The Labute approximate surface area is 110 Å². The van der Waals surface area contributed by atoms with Crippen LogP contribution in [-0.2, 0) is 4.79 Å². The molecule has 0 saturated carbocycles. The summed E-state index contributed by atoms with van der Waals surface area (Å²) in [7, 11) is 1.43. The summed E-state index contributed by atoms with van der Waals surface area (Å²) in [6.45, 7) is 0.499. The molecular formula is C13H16N2O4. The number of hydrogen-bond donors (Lipinski definition) is 2. The number of benzene rings is 1. The smallest absolute Gasteiger partial charge is 0.254 e. The largest absolute Gasteiger partial charge is 0.504 e. The van der Waals surface area contributed by atoms with Gasteiger partial charge in [-0.1, -0.05) is 0 Å². The summed E-state index contributed by atoms with van der Waals surface area (Å²) in [5.74, 6) is -0.615. The number of likely N-dealkylation sites (tertiary alicyclic amines) is 1. The summed E-state index contributed by atoms with van der Waals surface area (Å²) in [4.78, 5) is 25.0. The van der Waals surface area contributed by atoms with Crippen LogP contribution in [0.2, 0.25) is 0 Å². The van der Waals surface area contributed by atoms with E-state index in [9.17, 15) is 14.7 Å². The third-order valence-electron chi connectivity index (χ3n) is 3.27. The van der Waals surface area contributed by atoms with E-state index in [2.05, 4.69) is 0 Å². The molecule has 1 atom stereocenters. The van der Waals surface area contributed by atoms with Gasteiger partial charge in [0.05, 0.1) is 7.11 Å². The van der Waals surface area contributed by atoms with Crippen molar-refractivity contribution in [2.24, 2.45) is 5.73 Å². The second-order valence-corrected chi connectivity index (χ2v) is 4.45. The Kier molecular flexibility index (Phi) is 3.59. The van der Waals surface area contributed by atoms with Crippen LogP contribution in [0.4, 0.5) is 0 Å². The minimum atomic E-state index is -0.559. The quantitative estimate of drug-likeness (QED) is 0.831. The molecule has 1 heterocycles. The van der Waals surface area contributed by atoms with Crippen molar-refractivity contribution in [3.05, 3.63) is 23.8 Å². The van der Waals surface area contributed by atoms with Gasteiger partial charge in [0.25, 0.3) is 5.91 Å². The molecule has 1 aliphatic heterocycles. The number of ether oxygens (including phenoxy) is 1. The van der Waals surface area contributed by atoms with Gasteiger partial charge in [-0.2, -0.15) is 0 Å². The third-order valence-corrected chi connectivity index (χ3v) is 3.27. The number of nitrogens with zero attached hydrogens (tertiary/aromatic N) is 1. The summed E-state index contributed by atoms with van der Waals surface area (Å²) >= 11 is 0. The predicted octanol–water partition coefficient (Wildman–Crippen LogP) is 0.491. The highest BCUT2D eigenvalue weighted by Gasteiger charge is 2.33. The topological polar surface area (TPSA) is 92.9 Å². The molecule has 6 nitrogen and oxygen atoms in total. The minimum Gasteiger partial charge on any atom is -0.504 e. The number of phenols is 1. The number of rotatable bonds is 3. The van der Waals surface area contributed by atoms with Gasteiger partial charge in [0.1, 0.15) is 6.04 Å². The lowest BCUT2D eigenvalue weighted by atomic mass is 10.1. The number of phenolic OH excluding ortho intramolecular Hbond substituents is 1. The predicted molar refractivity (Wildman–Crippen MR) is 67.9 cm³/mol. The summed E-state index contributed by atoms with van der Waals surface area (Å²) in [5.41, 5.74) is 5.59. The number of nitrogens with two attached hydrogens (primary N) is 1. The van der Waals surface area contributed by atoms with Crippen LogP contribution in [0.5, 0.6) is 11.5 Å². The lowest BCUT2D eigenvalue weighted by Gasteiger charge is -2.22. The molecule has 2 rings (SSSR count).